The second kappa shape index (κ2) is 6.47. The molecule has 1 aliphatic rings. The summed E-state index contributed by atoms with van der Waals surface area (Å²) < 4.78 is 14.0. The van der Waals surface area contributed by atoms with Gasteiger partial charge in [-0.1, -0.05) is 11.6 Å². The zero-order chi connectivity index (χ0) is 16.4. The molecule has 1 aliphatic heterocycles. The van der Waals surface area contributed by atoms with E-state index in [4.69, 9.17) is 16.7 Å². The van der Waals surface area contributed by atoms with Crippen LogP contribution in [0.15, 0.2) is 30.5 Å². The Morgan fingerprint density at radius 3 is 3.00 bits per heavy atom. The number of carbonyl (C=O) groups is 1. The first-order valence-electron chi connectivity index (χ1n) is 7.04. The first-order chi connectivity index (χ1) is 11.1. The van der Waals surface area contributed by atoms with Crippen LogP contribution in [0.4, 0.5) is 16.0 Å². The van der Waals surface area contributed by atoms with Crippen molar-refractivity contribution in [1.29, 1.82) is 0 Å². The maximum Gasteiger partial charge on any atom is 0.249 e. The number of benzene rings is 1. The number of aromatic nitrogens is 2. The van der Waals surface area contributed by atoms with Crippen LogP contribution < -0.4 is 10.2 Å². The second-order valence-corrected chi connectivity index (χ2v) is 5.54. The minimum Gasteiger partial charge on any atom is -0.390 e. The summed E-state index contributed by atoms with van der Waals surface area (Å²) in [5.74, 6) is -0.539. The highest BCUT2D eigenvalue weighted by molar-refractivity contribution is 6.30. The van der Waals surface area contributed by atoms with E-state index in [1.807, 2.05) is 0 Å². The Hall–Kier alpha value is -2.25. The molecule has 2 heterocycles. The van der Waals surface area contributed by atoms with Crippen molar-refractivity contribution in [3.8, 4) is 0 Å². The van der Waals surface area contributed by atoms with Gasteiger partial charge in [0.1, 0.15) is 11.9 Å². The van der Waals surface area contributed by atoms with Gasteiger partial charge >= 0.3 is 0 Å². The van der Waals surface area contributed by atoms with Crippen molar-refractivity contribution in [2.24, 2.45) is 0 Å². The third kappa shape index (κ3) is 3.25. The molecule has 1 unspecified atom stereocenters. The molecule has 1 aromatic heterocycles. The van der Waals surface area contributed by atoms with E-state index in [0.29, 0.717) is 18.7 Å². The van der Waals surface area contributed by atoms with Gasteiger partial charge in [-0.2, -0.15) is 0 Å². The molecule has 1 saturated heterocycles. The highest BCUT2D eigenvalue weighted by atomic mass is 35.5. The van der Waals surface area contributed by atoms with Gasteiger partial charge in [0.15, 0.2) is 0 Å². The summed E-state index contributed by atoms with van der Waals surface area (Å²) in [4.78, 5) is 21.9. The van der Waals surface area contributed by atoms with Gasteiger partial charge in [0.25, 0.3) is 0 Å². The molecule has 1 aromatic carbocycles. The van der Waals surface area contributed by atoms with Gasteiger partial charge in [0, 0.05) is 17.8 Å². The second-order valence-electron chi connectivity index (χ2n) is 5.10. The van der Waals surface area contributed by atoms with Gasteiger partial charge < -0.3 is 15.3 Å². The third-order valence-electron chi connectivity index (χ3n) is 3.58. The fraction of sp³-hybridized carbons (Fsp3) is 0.267. The van der Waals surface area contributed by atoms with Crippen molar-refractivity contribution in [3.63, 3.8) is 0 Å². The van der Waals surface area contributed by atoms with Crippen LogP contribution in [0.5, 0.6) is 0 Å². The molecular formula is C15H14ClFN4O2. The van der Waals surface area contributed by atoms with Gasteiger partial charge in [-0.05, 0) is 30.7 Å². The average molecular weight is 337 g/mol. The van der Waals surface area contributed by atoms with E-state index in [9.17, 15) is 9.18 Å². The quantitative estimate of drug-likeness (QED) is 0.892. The van der Waals surface area contributed by atoms with Crippen LogP contribution in [0.2, 0.25) is 5.02 Å². The molecular weight excluding hydrogens is 323 g/mol. The fourth-order valence-electron chi connectivity index (χ4n) is 2.46. The molecule has 8 heteroatoms. The molecule has 1 fully saturated rings. The zero-order valence-electron chi connectivity index (χ0n) is 12.0. The Labute approximate surface area is 136 Å². The van der Waals surface area contributed by atoms with E-state index in [1.54, 1.807) is 12.1 Å². The number of hydrogen-bond donors (Lipinski definition) is 2. The molecule has 0 bridgehead atoms. The van der Waals surface area contributed by atoms with Crippen molar-refractivity contribution in [2.45, 2.75) is 19.1 Å². The normalized spacial score (nSPS) is 17.6. The van der Waals surface area contributed by atoms with Crippen molar-refractivity contribution in [1.82, 2.24) is 9.97 Å². The topological polar surface area (TPSA) is 78.3 Å². The predicted octanol–water partition coefficient (Wildman–Crippen LogP) is 1.98. The molecule has 0 aliphatic carbocycles. The summed E-state index contributed by atoms with van der Waals surface area (Å²) in [7, 11) is 0. The van der Waals surface area contributed by atoms with Crippen LogP contribution in [-0.4, -0.2) is 33.6 Å². The highest BCUT2D eigenvalue weighted by Gasteiger charge is 2.34. The Morgan fingerprint density at radius 2 is 2.26 bits per heavy atom. The van der Waals surface area contributed by atoms with Gasteiger partial charge in [-0.15, -0.1) is 0 Å². The number of nitrogens with zero attached hydrogens (tertiary/aromatic N) is 3. The molecule has 1 atom stereocenters. The van der Waals surface area contributed by atoms with Crippen LogP contribution in [0.25, 0.3) is 0 Å². The van der Waals surface area contributed by atoms with E-state index in [2.05, 4.69) is 15.3 Å². The number of aliphatic hydroxyl groups excluding tert-OH is 1. The van der Waals surface area contributed by atoms with Gasteiger partial charge in [0.05, 0.1) is 18.0 Å². The molecule has 0 saturated carbocycles. The van der Waals surface area contributed by atoms with Crippen LogP contribution in [-0.2, 0) is 11.4 Å². The molecule has 1 amide bonds. The maximum atomic E-state index is 14.0. The number of rotatable bonds is 4. The average Bonchev–Trinajstić information content (AvgIpc) is 2.89. The van der Waals surface area contributed by atoms with Crippen LogP contribution in [0.1, 0.15) is 12.1 Å². The van der Waals surface area contributed by atoms with Crippen molar-refractivity contribution < 1.29 is 14.3 Å². The Kier molecular flexibility index (Phi) is 4.40. The van der Waals surface area contributed by atoms with E-state index < -0.39 is 11.9 Å². The summed E-state index contributed by atoms with van der Waals surface area (Å²) in [6, 6.07) is 5.25. The third-order valence-corrected chi connectivity index (χ3v) is 3.82. The minimum atomic E-state index is -0.543. The number of nitrogens with one attached hydrogen (secondary N) is 1. The lowest BCUT2D eigenvalue weighted by Crippen LogP contribution is -2.34. The summed E-state index contributed by atoms with van der Waals surface area (Å²) in [6.45, 7) is 0.173. The Morgan fingerprint density at radius 1 is 1.43 bits per heavy atom. The van der Waals surface area contributed by atoms with E-state index in [1.165, 1.54) is 23.2 Å². The first-order valence-corrected chi connectivity index (χ1v) is 7.42. The Bertz CT molecular complexity index is 743. The first kappa shape index (κ1) is 15.6. The van der Waals surface area contributed by atoms with Crippen LogP contribution in [0.3, 0.4) is 0 Å². The van der Waals surface area contributed by atoms with E-state index >= 15 is 0 Å². The molecule has 3 rings (SSSR count). The molecule has 23 heavy (non-hydrogen) atoms. The number of carbonyl (C=O) groups excluding carboxylic acids is 1. The van der Waals surface area contributed by atoms with Crippen molar-refractivity contribution in [3.05, 3.63) is 47.0 Å². The summed E-state index contributed by atoms with van der Waals surface area (Å²) in [5, 5.41) is 12.3. The smallest absolute Gasteiger partial charge is 0.249 e. The van der Waals surface area contributed by atoms with Gasteiger partial charge in [-0.3, -0.25) is 4.79 Å². The molecule has 120 valence electrons. The van der Waals surface area contributed by atoms with Crippen LogP contribution >= 0.6 is 11.6 Å². The number of anilines is 2. The monoisotopic (exact) mass is 336 g/mol. The maximum absolute atomic E-state index is 14.0. The lowest BCUT2D eigenvalue weighted by molar-refractivity contribution is -0.117. The zero-order valence-corrected chi connectivity index (χ0v) is 12.8. The predicted molar refractivity (Wildman–Crippen MR) is 83.7 cm³/mol. The minimum absolute atomic E-state index is 0.203. The molecule has 2 N–H and O–H groups in total. The number of hydrogen-bond acceptors (Lipinski definition) is 5. The van der Waals surface area contributed by atoms with Crippen molar-refractivity contribution in [2.75, 3.05) is 16.8 Å². The summed E-state index contributed by atoms with van der Waals surface area (Å²) in [5.41, 5.74) is 0.655. The molecule has 6 nitrogen and oxygen atoms in total. The number of amides is 1. The largest absolute Gasteiger partial charge is 0.390 e. The summed E-state index contributed by atoms with van der Waals surface area (Å²) >= 11 is 5.73. The SMILES string of the molecule is O=C1C(Nc2nccc(CO)n2)CCN1c1ccc(Cl)cc1F. The lowest BCUT2D eigenvalue weighted by atomic mass is 10.2. The highest BCUT2D eigenvalue weighted by Crippen LogP contribution is 2.27. The van der Waals surface area contributed by atoms with Crippen molar-refractivity contribution >= 4 is 29.1 Å². The fourth-order valence-corrected chi connectivity index (χ4v) is 2.62. The van der Waals surface area contributed by atoms with E-state index in [-0.39, 0.29) is 29.2 Å². The molecule has 2 aromatic rings. The standard InChI is InChI=1S/C15H14ClFN4O2/c16-9-1-2-13(11(17)7-9)21-6-4-12(14(21)23)20-15-18-5-3-10(8-22)19-15/h1-3,5,7,12,22H,4,6,8H2,(H,18,19,20). The van der Waals surface area contributed by atoms with Gasteiger partial charge in [-0.25, -0.2) is 14.4 Å². The van der Waals surface area contributed by atoms with E-state index in [0.717, 1.165) is 0 Å². The lowest BCUT2D eigenvalue weighted by Gasteiger charge is -2.18. The molecule has 0 spiro atoms. The number of halogens is 2. The van der Waals surface area contributed by atoms with Gasteiger partial charge in [0.2, 0.25) is 11.9 Å². The summed E-state index contributed by atoms with van der Waals surface area (Å²) in [6.07, 6.45) is 1.99. The molecule has 0 radical (unpaired) electrons. The Balaban J connectivity index is 1.76. The van der Waals surface area contributed by atoms with Crippen LogP contribution in [0, 0.1) is 5.82 Å². The number of aliphatic hydroxyl groups is 1.